The SMILES string of the molecule is O=C(CSCC(O)CO)C1CCCC1. The van der Waals surface area contributed by atoms with Crippen molar-refractivity contribution in [3.8, 4) is 0 Å². The summed E-state index contributed by atoms with van der Waals surface area (Å²) in [7, 11) is 0. The Morgan fingerprint density at radius 3 is 2.64 bits per heavy atom. The van der Waals surface area contributed by atoms with Crippen LogP contribution in [0.25, 0.3) is 0 Å². The fraction of sp³-hybridized carbons (Fsp3) is 0.900. The van der Waals surface area contributed by atoms with Crippen LogP contribution in [0.3, 0.4) is 0 Å². The number of aliphatic hydroxyl groups is 2. The van der Waals surface area contributed by atoms with E-state index in [1.807, 2.05) is 0 Å². The zero-order valence-electron chi connectivity index (χ0n) is 8.32. The first-order chi connectivity index (χ1) is 6.74. The van der Waals surface area contributed by atoms with Crippen LogP contribution in [-0.4, -0.2) is 40.2 Å². The van der Waals surface area contributed by atoms with Gasteiger partial charge < -0.3 is 10.2 Å². The minimum Gasteiger partial charge on any atom is -0.394 e. The molecular formula is C10H18O3S. The molecule has 0 heterocycles. The molecule has 1 unspecified atom stereocenters. The summed E-state index contributed by atoms with van der Waals surface area (Å²) in [5.74, 6) is 1.53. The average molecular weight is 218 g/mol. The number of Topliss-reactive ketones (excluding diaryl/α,β-unsaturated/α-hetero) is 1. The Labute approximate surface area is 88.9 Å². The van der Waals surface area contributed by atoms with E-state index in [4.69, 9.17) is 10.2 Å². The number of hydrogen-bond acceptors (Lipinski definition) is 4. The second kappa shape index (κ2) is 6.43. The lowest BCUT2D eigenvalue weighted by molar-refractivity contribution is -0.120. The third-order valence-electron chi connectivity index (χ3n) is 2.58. The van der Waals surface area contributed by atoms with Gasteiger partial charge in [-0.15, -0.1) is 0 Å². The van der Waals surface area contributed by atoms with Crippen molar-refractivity contribution in [2.75, 3.05) is 18.1 Å². The topological polar surface area (TPSA) is 57.5 Å². The lowest BCUT2D eigenvalue weighted by Gasteiger charge is -2.09. The Bertz CT molecular complexity index is 178. The van der Waals surface area contributed by atoms with Crippen LogP contribution < -0.4 is 0 Å². The minimum atomic E-state index is -0.684. The van der Waals surface area contributed by atoms with Crippen molar-refractivity contribution in [2.24, 2.45) is 5.92 Å². The maximum Gasteiger partial charge on any atom is 0.145 e. The molecule has 0 aromatic carbocycles. The first-order valence-corrected chi connectivity index (χ1v) is 6.29. The van der Waals surface area contributed by atoms with Crippen LogP contribution in [0.15, 0.2) is 0 Å². The summed E-state index contributed by atoms with van der Waals surface area (Å²) in [6, 6.07) is 0. The molecule has 1 aliphatic carbocycles. The number of hydrogen-bond donors (Lipinski definition) is 2. The van der Waals surface area contributed by atoms with E-state index in [1.165, 1.54) is 24.6 Å². The predicted octanol–water partition coefficient (Wildman–Crippen LogP) is 0.832. The molecule has 82 valence electrons. The molecule has 0 aliphatic heterocycles. The molecule has 4 heteroatoms. The van der Waals surface area contributed by atoms with Crippen LogP contribution >= 0.6 is 11.8 Å². The van der Waals surface area contributed by atoms with Crippen molar-refractivity contribution in [3.63, 3.8) is 0 Å². The summed E-state index contributed by atoms with van der Waals surface area (Å²) in [6.45, 7) is -0.218. The van der Waals surface area contributed by atoms with Gasteiger partial charge in [-0.2, -0.15) is 11.8 Å². The molecule has 0 aromatic rings. The van der Waals surface area contributed by atoms with Gasteiger partial charge in [0.05, 0.1) is 18.5 Å². The van der Waals surface area contributed by atoms with Crippen LogP contribution in [-0.2, 0) is 4.79 Å². The van der Waals surface area contributed by atoms with Gasteiger partial charge in [-0.25, -0.2) is 0 Å². The summed E-state index contributed by atoms with van der Waals surface area (Å²) < 4.78 is 0. The van der Waals surface area contributed by atoms with E-state index in [9.17, 15) is 4.79 Å². The Hall–Kier alpha value is -0.0600. The van der Waals surface area contributed by atoms with Gasteiger partial charge >= 0.3 is 0 Å². The van der Waals surface area contributed by atoms with Crippen LogP contribution in [0.1, 0.15) is 25.7 Å². The van der Waals surface area contributed by atoms with Gasteiger partial charge in [0, 0.05) is 11.7 Å². The van der Waals surface area contributed by atoms with E-state index < -0.39 is 6.10 Å². The highest BCUT2D eigenvalue weighted by Gasteiger charge is 2.22. The number of carbonyl (C=O) groups excluding carboxylic acids is 1. The molecular weight excluding hydrogens is 200 g/mol. The van der Waals surface area contributed by atoms with Crippen molar-refractivity contribution >= 4 is 17.5 Å². The van der Waals surface area contributed by atoms with E-state index in [0.29, 0.717) is 17.3 Å². The highest BCUT2D eigenvalue weighted by molar-refractivity contribution is 8.00. The molecule has 1 fully saturated rings. The summed E-state index contributed by atoms with van der Waals surface area (Å²) in [4.78, 5) is 11.6. The maximum atomic E-state index is 11.6. The van der Waals surface area contributed by atoms with Gasteiger partial charge in [-0.05, 0) is 12.8 Å². The summed E-state index contributed by atoms with van der Waals surface area (Å²) in [5.41, 5.74) is 0. The Morgan fingerprint density at radius 1 is 1.43 bits per heavy atom. The van der Waals surface area contributed by atoms with Crippen molar-refractivity contribution in [2.45, 2.75) is 31.8 Å². The van der Waals surface area contributed by atoms with Gasteiger partial charge in [0.1, 0.15) is 5.78 Å². The molecule has 0 radical (unpaired) electrons. The third kappa shape index (κ3) is 3.98. The Balaban J connectivity index is 2.08. The van der Waals surface area contributed by atoms with Crippen molar-refractivity contribution in [1.29, 1.82) is 0 Å². The largest absolute Gasteiger partial charge is 0.394 e. The highest BCUT2D eigenvalue weighted by Crippen LogP contribution is 2.26. The standard InChI is InChI=1S/C10H18O3S/c11-5-9(12)6-14-7-10(13)8-3-1-2-4-8/h8-9,11-12H,1-7H2. The quantitative estimate of drug-likeness (QED) is 0.693. The monoisotopic (exact) mass is 218 g/mol. The molecule has 1 saturated carbocycles. The van der Waals surface area contributed by atoms with Gasteiger partial charge in [-0.1, -0.05) is 12.8 Å². The van der Waals surface area contributed by atoms with Crippen molar-refractivity contribution in [3.05, 3.63) is 0 Å². The van der Waals surface area contributed by atoms with Gasteiger partial charge in [0.2, 0.25) is 0 Å². The van der Waals surface area contributed by atoms with E-state index in [2.05, 4.69) is 0 Å². The van der Waals surface area contributed by atoms with E-state index in [1.54, 1.807) is 0 Å². The molecule has 1 atom stereocenters. The zero-order chi connectivity index (χ0) is 10.4. The smallest absolute Gasteiger partial charge is 0.145 e. The number of aliphatic hydroxyl groups excluding tert-OH is 2. The lowest BCUT2D eigenvalue weighted by Crippen LogP contribution is -2.18. The third-order valence-corrected chi connectivity index (χ3v) is 3.68. The predicted molar refractivity (Wildman–Crippen MR) is 57.4 cm³/mol. The second-order valence-corrected chi connectivity index (χ2v) is 4.83. The number of carbonyl (C=O) groups is 1. The highest BCUT2D eigenvalue weighted by atomic mass is 32.2. The van der Waals surface area contributed by atoms with Gasteiger partial charge in [0.25, 0.3) is 0 Å². The second-order valence-electron chi connectivity index (χ2n) is 3.80. The fourth-order valence-corrected chi connectivity index (χ4v) is 2.65. The Morgan fingerprint density at radius 2 is 2.07 bits per heavy atom. The first-order valence-electron chi connectivity index (χ1n) is 5.13. The van der Waals surface area contributed by atoms with E-state index in [0.717, 1.165) is 12.8 Å². The van der Waals surface area contributed by atoms with Crippen molar-refractivity contribution in [1.82, 2.24) is 0 Å². The number of thioether (sulfide) groups is 1. The van der Waals surface area contributed by atoms with Crippen molar-refractivity contribution < 1.29 is 15.0 Å². The molecule has 0 spiro atoms. The summed E-state index contributed by atoms with van der Waals surface area (Å²) >= 11 is 1.42. The molecule has 1 aliphatic rings. The minimum absolute atomic E-state index is 0.218. The maximum absolute atomic E-state index is 11.6. The Kier molecular flexibility index (Phi) is 5.52. The molecule has 3 nitrogen and oxygen atoms in total. The molecule has 0 bridgehead atoms. The van der Waals surface area contributed by atoms with Crippen LogP contribution in [0.2, 0.25) is 0 Å². The summed E-state index contributed by atoms with van der Waals surface area (Å²) in [5, 5.41) is 17.6. The van der Waals surface area contributed by atoms with Crippen LogP contribution in [0, 0.1) is 5.92 Å². The molecule has 2 N–H and O–H groups in total. The molecule has 0 saturated heterocycles. The molecule has 0 amide bonds. The van der Waals surface area contributed by atoms with Gasteiger partial charge in [-0.3, -0.25) is 4.79 Å². The van der Waals surface area contributed by atoms with Crippen LogP contribution in [0.5, 0.6) is 0 Å². The normalized spacial score (nSPS) is 19.9. The van der Waals surface area contributed by atoms with E-state index in [-0.39, 0.29) is 12.5 Å². The lowest BCUT2D eigenvalue weighted by atomic mass is 10.0. The van der Waals surface area contributed by atoms with Crippen LogP contribution in [0.4, 0.5) is 0 Å². The van der Waals surface area contributed by atoms with Gasteiger partial charge in [0.15, 0.2) is 0 Å². The molecule has 0 aromatic heterocycles. The fourth-order valence-electron chi connectivity index (χ4n) is 1.71. The molecule has 1 rings (SSSR count). The number of ketones is 1. The summed E-state index contributed by atoms with van der Waals surface area (Å²) in [6.07, 6.45) is 3.77. The first kappa shape index (κ1) is 12.0. The average Bonchev–Trinajstić information content (AvgIpc) is 2.70. The van der Waals surface area contributed by atoms with E-state index >= 15 is 0 Å². The number of rotatable bonds is 6. The molecule has 14 heavy (non-hydrogen) atoms. The zero-order valence-corrected chi connectivity index (χ0v) is 9.13.